The predicted octanol–water partition coefficient (Wildman–Crippen LogP) is 2.48. The molecule has 0 N–H and O–H groups in total. The van der Waals surface area contributed by atoms with Gasteiger partial charge in [-0.05, 0) is 37.1 Å². The van der Waals surface area contributed by atoms with E-state index in [1.54, 1.807) is 12.1 Å². The zero-order valence-electron chi connectivity index (χ0n) is 15.9. The largest absolute Gasteiger partial charge is 0.364 e. The maximum atomic E-state index is 13.5. The first-order chi connectivity index (χ1) is 13.6. The molecule has 1 fully saturated rings. The highest BCUT2D eigenvalue weighted by molar-refractivity contribution is 5.48. The van der Waals surface area contributed by atoms with Crippen molar-refractivity contribution in [2.45, 2.75) is 45.2 Å². The number of benzene rings is 1. The zero-order valence-corrected chi connectivity index (χ0v) is 15.9. The van der Waals surface area contributed by atoms with E-state index in [4.69, 9.17) is 4.74 Å². The Kier molecular flexibility index (Phi) is 4.25. The lowest BCUT2D eigenvalue weighted by Crippen LogP contribution is -2.44. The van der Waals surface area contributed by atoms with Crippen LogP contribution in [-0.2, 0) is 31.0 Å². The fourth-order valence-corrected chi connectivity index (χ4v) is 4.21. The fourth-order valence-electron chi connectivity index (χ4n) is 4.21. The molecule has 0 saturated carbocycles. The summed E-state index contributed by atoms with van der Waals surface area (Å²) in [6.45, 7) is 6.51. The van der Waals surface area contributed by atoms with Gasteiger partial charge < -0.3 is 9.30 Å². The Morgan fingerprint density at radius 2 is 2.14 bits per heavy atom. The molecule has 0 aliphatic carbocycles. The van der Waals surface area contributed by atoms with E-state index in [0.29, 0.717) is 13.2 Å². The van der Waals surface area contributed by atoms with Gasteiger partial charge in [0.1, 0.15) is 23.7 Å². The van der Waals surface area contributed by atoms with E-state index in [9.17, 15) is 4.39 Å². The van der Waals surface area contributed by atoms with Gasteiger partial charge in [0.2, 0.25) is 0 Å². The molecule has 1 aromatic carbocycles. The van der Waals surface area contributed by atoms with Crippen molar-refractivity contribution in [2.75, 3.05) is 13.1 Å². The molecule has 146 valence electrons. The molecule has 8 heteroatoms. The number of hydrogen-bond acceptors (Lipinski definition) is 5. The summed E-state index contributed by atoms with van der Waals surface area (Å²) < 4.78 is 23.8. The summed E-state index contributed by atoms with van der Waals surface area (Å²) in [5, 5.41) is 13.3. The van der Waals surface area contributed by atoms with Gasteiger partial charge in [0.15, 0.2) is 11.6 Å². The van der Waals surface area contributed by atoms with Crippen LogP contribution in [0.3, 0.4) is 0 Å². The van der Waals surface area contributed by atoms with Crippen molar-refractivity contribution >= 4 is 0 Å². The maximum Gasteiger partial charge on any atom is 0.184 e. The van der Waals surface area contributed by atoms with Crippen LogP contribution < -0.4 is 0 Å². The number of hydrogen-bond donors (Lipinski definition) is 0. The lowest BCUT2D eigenvalue weighted by atomic mass is 10.0. The molecule has 2 aromatic heterocycles. The molecule has 1 unspecified atom stereocenters. The lowest BCUT2D eigenvalue weighted by molar-refractivity contribution is -0.0821. The average molecular weight is 382 g/mol. The number of aromatic nitrogens is 5. The average Bonchev–Trinajstić information content (AvgIpc) is 3.40. The first-order valence-corrected chi connectivity index (χ1v) is 9.71. The summed E-state index contributed by atoms with van der Waals surface area (Å²) in [6, 6.07) is 8.80. The van der Waals surface area contributed by atoms with Gasteiger partial charge in [0.25, 0.3) is 0 Å². The maximum absolute atomic E-state index is 13.5. The highest BCUT2D eigenvalue weighted by Crippen LogP contribution is 2.34. The molecule has 28 heavy (non-hydrogen) atoms. The third-order valence-corrected chi connectivity index (χ3v) is 5.67. The van der Waals surface area contributed by atoms with Crippen molar-refractivity contribution in [1.82, 2.24) is 29.4 Å². The summed E-state index contributed by atoms with van der Waals surface area (Å²) in [5.41, 5.74) is 1.57. The topological polar surface area (TPSA) is 61.0 Å². The Morgan fingerprint density at radius 3 is 2.96 bits per heavy atom. The van der Waals surface area contributed by atoms with Crippen molar-refractivity contribution < 1.29 is 9.13 Å². The highest BCUT2D eigenvalue weighted by atomic mass is 19.1. The summed E-state index contributed by atoms with van der Waals surface area (Å²) in [4.78, 5) is 2.33. The highest BCUT2D eigenvalue weighted by Gasteiger charge is 2.43. The fraction of sp³-hybridized carbons (Fsp3) is 0.450. The van der Waals surface area contributed by atoms with E-state index in [2.05, 4.69) is 31.7 Å². The number of halogens is 1. The second-order valence-corrected chi connectivity index (χ2v) is 7.64. The minimum Gasteiger partial charge on any atom is -0.364 e. The third kappa shape index (κ3) is 3.12. The van der Waals surface area contributed by atoms with E-state index >= 15 is 0 Å². The van der Waals surface area contributed by atoms with Gasteiger partial charge in [-0.15, -0.1) is 10.2 Å². The number of likely N-dealkylation sites (tertiary alicyclic amines) is 1. The van der Waals surface area contributed by atoms with E-state index in [1.165, 1.54) is 6.07 Å². The van der Waals surface area contributed by atoms with E-state index in [1.807, 2.05) is 23.0 Å². The molecular weight excluding hydrogens is 359 g/mol. The second kappa shape index (κ2) is 6.79. The Balaban J connectivity index is 1.35. The lowest BCUT2D eigenvalue weighted by Gasteiger charge is -2.34. The van der Waals surface area contributed by atoms with Gasteiger partial charge in [-0.3, -0.25) is 9.58 Å². The SMILES string of the molecule is CCn1ccc(-c2nnc3n2CC2(CCN(Cc4cccc(F)c4)C2)OC3)n1. The van der Waals surface area contributed by atoms with E-state index in [0.717, 1.165) is 55.5 Å². The van der Waals surface area contributed by atoms with Crippen molar-refractivity contribution in [3.05, 3.63) is 53.7 Å². The number of nitrogens with zero attached hydrogens (tertiary/aromatic N) is 6. The first kappa shape index (κ1) is 17.5. The molecule has 0 amide bonds. The van der Waals surface area contributed by atoms with Gasteiger partial charge in [-0.1, -0.05) is 12.1 Å². The monoisotopic (exact) mass is 382 g/mol. The van der Waals surface area contributed by atoms with Gasteiger partial charge in [-0.25, -0.2) is 4.39 Å². The van der Waals surface area contributed by atoms with Gasteiger partial charge in [0, 0.05) is 32.4 Å². The second-order valence-electron chi connectivity index (χ2n) is 7.64. The van der Waals surface area contributed by atoms with Crippen LogP contribution in [0.25, 0.3) is 11.5 Å². The Morgan fingerprint density at radius 1 is 1.21 bits per heavy atom. The Bertz CT molecular complexity index is 998. The predicted molar refractivity (Wildman–Crippen MR) is 101 cm³/mol. The minimum atomic E-state index is -0.259. The molecule has 4 heterocycles. The molecular formula is C20H23FN6O. The number of ether oxygens (including phenoxy) is 1. The molecule has 5 rings (SSSR count). The summed E-state index contributed by atoms with van der Waals surface area (Å²) in [7, 11) is 0. The molecule has 7 nitrogen and oxygen atoms in total. The van der Waals surface area contributed by atoms with Crippen molar-refractivity contribution in [2.24, 2.45) is 0 Å². The standard InChI is InChI=1S/C20H23FN6O/c1-2-26-8-6-17(24-26)19-23-22-18-12-28-20(14-27(18)19)7-9-25(13-20)11-15-4-3-5-16(21)10-15/h3-6,8,10H,2,7,9,11-14H2,1H3. The zero-order chi connectivity index (χ0) is 19.1. The van der Waals surface area contributed by atoms with Crippen molar-refractivity contribution in [3.8, 4) is 11.5 Å². The van der Waals surface area contributed by atoms with Gasteiger partial charge in [0.05, 0.1) is 6.54 Å². The van der Waals surface area contributed by atoms with Gasteiger partial charge in [-0.2, -0.15) is 5.10 Å². The molecule has 1 spiro atoms. The van der Waals surface area contributed by atoms with Crippen molar-refractivity contribution in [1.29, 1.82) is 0 Å². The first-order valence-electron chi connectivity index (χ1n) is 9.71. The summed E-state index contributed by atoms with van der Waals surface area (Å²) in [5.74, 6) is 1.45. The van der Waals surface area contributed by atoms with Crippen LogP contribution in [0.5, 0.6) is 0 Å². The molecule has 3 aromatic rings. The van der Waals surface area contributed by atoms with E-state index in [-0.39, 0.29) is 11.4 Å². The van der Waals surface area contributed by atoms with Crippen LogP contribution in [-0.4, -0.2) is 48.1 Å². The van der Waals surface area contributed by atoms with Crippen LogP contribution in [0.4, 0.5) is 4.39 Å². The van der Waals surface area contributed by atoms with Crippen LogP contribution >= 0.6 is 0 Å². The van der Waals surface area contributed by atoms with Gasteiger partial charge >= 0.3 is 0 Å². The number of aryl methyl sites for hydroxylation is 1. The van der Waals surface area contributed by atoms with Crippen LogP contribution in [0.15, 0.2) is 36.5 Å². The van der Waals surface area contributed by atoms with Crippen LogP contribution in [0.1, 0.15) is 24.7 Å². The normalized spacial score (nSPS) is 22.1. The summed E-state index contributed by atoms with van der Waals surface area (Å²) in [6.07, 6.45) is 2.89. The number of fused-ring (bicyclic) bond motifs is 1. The van der Waals surface area contributed by atoms with Crippen molar-refractivity contribution in [3.63, 3.8) is 0 Å². The molecule has 0 bridgehead atoms. The molecule has 0 radical (unpaired) electrons. The van der Waals surface area contributed by atoms with Crippen LogP contribution in [0, 0.1) is 5.82 Å². The molecule has 1 saturated heterocycles. The minimum absolute atomic E-state index is 0.189. The smallest absolute Gasteiger partial charge is 0.184 e. The summed E-state index contributed by atoms with van der Waals surface area (Å²) >= 11 is 0. The number of rotatable bonds is 4. The van der Waals surface area contributed by atoms with Crippen LogP contribution in [0.2, 0.25) is 0 Å². The third-order valence-electron chi connectivity index (χ3n) is 5.67. The Hall–Kier alpha value is -2.58. The molecule has 2 aliphatic heterocycles. The van der Waals surface area contributed by atoms with E-state index < -0.39 is 0 Å². The molecule has 2 aliphatic rings. The Labute approximate surface area is 162 Å². The molecule has 1 atom stereocenters. The quantitative estimate of drug-likeness (QED) is 0.694.